The first kappa shape index (κ1) is 9.31. The van der Waals surface area contributed by atoms with Gasteiger partial charge >= 0.3 is 0 Å². The van der Waals surface area contributed by atoms with Crippen LogP contribution in [0.25, 0.3) is 0 Å². The van der Waals surface area contributed by atoms with Gasteiger partial charge in [-0.05, 0) is 6.58 Å². The van der Waals surface area contributed by atoms with Crippen LogP contribution in [0.3, 0.4) is 0 Å². The van der Waals surface area contributed by atoms with Gasteiger partial charge < -0.3 is 25.4 Å². The van der Waals surface area contributed by atoms with Crippen LogP contribution >= 0.6 is 0 Å². The molecule has 1 fully saturated rings. The second-order valence-electron chi connectivity index (χ2n) is 2.67. The van der Waals surface area contributed by atoms with Crippen LogP contribution in [-0.2, 0) is 9.47 Å². The van der Waals surface area contributed by atoms with Crippen molar-refractivity contribution in [1.29, 1.82) is 0 Å². The van der Waals surface area contributed by atoms with Gasteiger partial charge in [0.25, 0.3) is 0 Å². The summed E-state index contributed by atoms with van der Waals surface area (Å²) < 4.78 is 9.96. The van der Waals surface area contributed by atoms with Crippen LogP contribution < -0.4 is 5.73 Å². The molecule has 1 aliphatic heterocycles. The van der Waals surface area contributed by atoms with Crippen molar-refractivity contribution in [2.45, 2.75) is 18.3 Å². The zero-order chi connectivity index (χ0) is 9.14. The molecule has 0 unspecified atom stereocenters. The maximum absolute atomic E-state index is 9.39. The third-order valence-electron chi connectivity index (χ3n) is 1.72. The normalized spacial score (nSPS) is 35.0. The molecule has 1 rings (SSSR count). The lowest BCUT2D eigenvalue weighted by Gasteiger charge is -2.16. The van der Waals surface area contributed by atoms with Crippen LogP contribution in [0.15, 0.2) is 12.5 Å². The summed E-state index contributed by atoms with van der Waals surface area (Å²) in [5, 5.41) is 18.1. The summed E-state index contributed by atoms with van der Waals surface area (Å²) >= 11 is 0. The van der Waals surface area contributed by atoms with Gasteiger partial charge in [0, 0.05) is 0 Å². The number of rotatable bonds is 3. The molecule has 0 bridgehead atoms. The molecule has 0 aliphatic carbocycles. The SMILES string of the molecule is C=C(N)O[C@H]1CO[C@@H](CO)[C@@H]1O. The smallest absolute Gasteiger partial charge is 0.177 e. The van der Waals surface area contributed by atoms with Crippen molar-refractivity contribution >= 4 is 0 Å². The predicted molar refractivity (Wildman–Crippen MR) is 41.0 cm³/mol. The lowest BCUT2D eigenvalue weighted by Crippen LogP contribution is -2.34. The fraction of sp³-hybridized carbons (Fsp3) is 0.714. The van der Waals surface area contributed by atoms with Crippen LogP contribution in [0.4, 0.5) is 0 Å². The molecule has 12 heavy (non-hydrogen) atoms. The summed E-state index contributed by atoms with van der Waals surface area (Å²) in [7, 11) is 0. The Morgan fingerprint density at radius 2 is 2.42 bits per heavy atom. The van der Waals surface area contributed by atoms with Crippen molar-refractivity contribution in [2.24, 2.45) is 5.73 Å². The van der Waals surface area contributed by atoms with Crippen LogP contribution in [0, 0.1) is 0 Å². The Morgan fingerprint density at radius 3 is 2.83 bits per heavy atom. The van der Waals surface area contributed by atoms with Gasteiger partial charge in [-0.2, -0.15) is 0 Å². The molecule has 0 aromatic heterocycles. The van der Waals surface area contributed by atoms with Crippen molar-refractivity contribution in [2.75, 3.05) is 13.2 Å². The van der Waals surface area contributed by atoms with Gasteiger partial charge in [-0.25, -0.2) is 0 Å². The van der Waals surface area contributed by atoms with Crippen LogP contribution in [-0.4, -0.2) is 41.7 Å². The average Bonchev–Trinajstić information content (AvgIpc) is 2.32. The first-order valence-corrected chi connectivity index (χ1v) is 3.66. The maximum atomic E-state index is 9.39. The Balaban J connectivity index is 2.43. The lowest BCUT2D eigenvalue weighted by molar-refractivity contribution is -0.0116. The highest BCUT2D eigenvalue weighted by molar-refractivity contribution is 4.87. The summed E-state index contributed by atoms with van der Waals surface area (Å²) in [6.45, 7) is 3.33. The summed E-state index contributed by atoms with van der Waals surface area (Å²) in [5.74, 6) is 0.0428. The van der Waals surface area contributed by atoms with Crippen molar-refractivity contribution in [1.82, 2.24) is 0 Å². The van der Waals surface area contributed by atoms with Crippen molar-refractivity contribution < 1.29 is 19.7 Å². The molecular formula is C7H13NO4. The van der Waals surface area contributed by atoms with E-state index in [1.165, 1.54) is 0 Å². The Hall–Kier alpha value is -0.780. The number of nitrogens with two attached hydrogens (primary N) is 1. The fourth-order valence-electron chi connectivity index (χ4n) is 1.11. The fourth-order valence-corrected chi connectivity index (χ4v) is 1.11. The van der Waals surface area contributed by atoms with E-state index in [1.807, 2.05) is 0 Å². The predicted octanol–water partition coefficient (Wildman–Crippen LogP) is -1.45. The molecule has 0 aromatic rings. The van der Waals surface area contributed by atoms with Gasteiger partial charge in [-0.3, -0.25) is 0 Å². The van der Waals surface area contributed by atoms with E-state index in [0.29, 0.717) is 0 Å². The minimum atomic E-state index is -0.838. The van der Waals surface area contributed by atoms with Crippen LogP contribution in [0.1, 0.15) is 0 Å². The van der Waals surface area contributed by atoms with E-state index >= 15 is 0 Å². The molecule has 0 aromatic carbocycles. The highest BCUT2D eigenvalue weighted by Crippen LogP contribution is 2.17. The Morgan fingerprint density at radius 1 is 1.75 bits per heavy atom. The first-order valence-electron chi connectivity index (χ1n) is 3.66. The molecule has 0 amide bonds. The Labute approximate surface area is 70.4 Å². The number of aliphatic hydroxyl groups excluding tert-OH is 2. The molecule has 0 spiro atoms. The molecule has 70 valence electrons. The summed E-state index contributed by atoms with van der Waals surface area (Å²) in [6, 6.07) is 0. The van der Waals surface area contributed by atoms with E-state index in [1.54, 1.807) is 0 Å². The summed E-state index contributed by atoms with van der Waals surface area (Å²) in [5.41, 5.74) is 5.18. The molecule has 5 nitrogen and oxygen atoms in total. The second-order valence-corrected chi connectivity index (χ2v) is 2.67. The van der Waals surface area contributed by atoms with E-state index in [2.05, 4.69) is 6.58 Å². The monoisotopic (exact) mass is 175 g/mol. The van der Waals surface area contributed by atoms with E-state index in [0.717, 1.165) is 0 Å². The number of hydrogen-bond acceptors (Lipinski definition) is 5. The zero-order valence-corrected chi connectivity index (χ0v) is 6.64. The minimum Gasteiger partial charge on any atom is -0.471 e. The largest absolute Gasteiger partial charge is 0.471 e. The van der Waals surface area contributed by atoms with Gasteiger partial charge in [0.15, 0.2) is 12.0 Å². The molecule has 4 N–H and O–H groups in total. The van der Waals surface area contributed by atoms with Crippen molar-refractivity contribution in [3.8, 4) is 0 Å². The standard InChI is InChI=1S/C7H13NO4/c1-4(8)12-6-3-11-5(2-9)7(6)10/h5-7,9-10H,1-3,8H2/t5-,6-,7-/m0/s1. The molecule has 1 aliphatic rings. The molecule has 5 heteroatoms. The van der Waals surface area contributed by atoms with Crippen molar-refractivity contribution in [3.63, 3.8) is 0 Å². The highest BCUT2D eigenvalue weighted by Gasteiger charge is 2.36. The molecule has 0 saturated carbocycles. The van der Waals surface area contributed by atoms with Gasteiger partial charge in [-0.1, -0.05) is 0 Å². The second kappa shape index (κ2) is 3.75. The highest BCUT2D eigenvalue weighted by atomic mass is 16.6. The van der Waals surface area contributed by atoms with Gasteiger partial charge in [0.05, 0.1) is 13.2 Å². The van der Waals surface area contributed by atoms with Gasteiger partial charge in [0.1, 0.15) is 12.2 Å². The number of ether oxygens (including phenoxy) is 2. The summed E-state index contributed by atoms with van der Waals surface area (Å²) in [4.78, 5) is 0. The minimum absolute atomic E-state index is 0.0428. The van der Waals surface area contributed by atoms with E-state index in [9.17, 15) is 5.11 Å². The van der Waals surface area contributed by atoms with Crippen molar-refractivity contribution in [3.05, 3.63) is 12.5 Å². The molecule has 3 atom stereocenters. The topological polar surface area (TPSA) is 84.9 Å². The molecule has 1 heterocycles. The molecular weight excluding hydrogens is 162 g/mol. The maximum Gasteiger partial charge on any atom is 0.177 e. The quantitative estimate of drug-likeness (QED) is 0.457. The van der Waals surface area contributed by atoms with E-state index in [-0.39, 0.29) is 19.1 Å². The van der Waals surface area contributed by atoms with Gasteiger partial charge in [-0.15, -0.1) is 0 Å². The van der Waals surface area contributed by atoms with E-state index < -0.39 is 18.3 Å². The third-order valence-corrected chi connectivity index (χ3v) is 1.72. The van der Waals surface area contributed by atoms with E-state index in [4.69, 9.17) is 20.3 Å². The Bertz CT molecular complexity index is 173. The van der Waals surface area contributed by atoms with Gasteiger partial charge in [0.2, 0.25) is 0 Å². The number of hydrogen-bond donors (Lipinski definition) is 3. The number of aliphatic hydroxyl groups is 2. The molecule has 0 radical (unpaired) electrons. The molecule has 1 saturated heterocycles. The Kier molecular flexibility index (Phi) is 2.91. The third kappa shape index (κ3) is 1.88. The zero-order valence-electron chi connectivity index (χ0n) is 6.64. The van der Waals surface area contributed by atoms with Crippen LogP contribution in [0.2, 0.25) is 0 Å². The average molecular weight is 175 g/mol. The first-order chi connectivity index (χ1) is 5.65. The lowest BCUT2D eigenvalue weighted by atomic mass is 10.1. The summed E-state index contributed by atoms with van der Waals surface area (Å²) in [6.07, 6.45) is -1.93. The van der Waals surface area contributed by atoms with Crippen LogP contribution in [0.5, 0.6) is 0 Å².